The second-order valence-corrected chi connectivity index (χ2v) is 11.0. The van der Waals surface area contributed by atoms with Crippen molar-refractivity contribution >= 4 is 40.6 Å². The number of H-pyrrole nitrogens is 1. The first-order valence-corrected chi connectivity index (χ1v) is 13.0. The summed E-state index contributed by atoms with van der Waals surface area (Å²) in [4.78, 5) is 57.4. The zero-order chi connectivity index (χ0) is 25.7. The number of hydrogen-bond acceptors (Lipinski definition) is 12. The van der Waals surface area contributed by atoms with Gasteiger partial charge in [-0.3, -0.25) is 18.9 Å². The van der Waals surface area contributed by atoms with Crippen LogP contribution in [0.3, 0.4) is 0 Å². The van der Waals surface area contributed by atoms with Gasteiger partial charge in [0, 0.05) is 0 Å². The molecule has 18 nitrogen and oxygen atoms in total. The average Bonchev–Trinajstić information content (AvgIpc) is 3.17. The van der Waals surface area contributed by atoms with E-state index in [0.717, 1.165) is 10.9 Å². The molecule has 34 heavy (non-hydrogen) atoms. The summed E-state index contributed by atoms with van der Waals surface area (Å²) in [6, 6.07) is 0. The molecule has 0 amide bonds. The number of phosphoric acid groups is 3. The lowest BCUT2D eigenvalue weighted by molar-refractivity contribution is -0.203. The molecule has 0 aliphatic carbocycles. The number of nitrogens with two attached hydrogens (primary N) is 1. The third-order valence-electron chi connectivity index (χ3n) is 4.16. The summed E-state index contributed by atoms with van der Waals surface area (Å²) in [5.41, 5.74) is 4.27. The Morgan fingerprint density at radius 3 is 2.53 bits per heavy atom. The number of phosphoric ester groups is 1. The summed E-state index contributed by atoms with van der Waals surface area (Å²) in [5.74, 6) is -3.16. The molecule has 0 aromatic carbocycles. The number of aliphatic hydroxyl groups is 1. The normalized spacial score (nSPS) is 28.9. The standard InChI is InChI=1S/C12H15FN5O13P3/c1-2-5-7(19)12(13,3-28-33(24,25)31-34(26,27)30-32(21,22)23)29-10(5)18-4-15-6-8(18)16-11(14)17-9(6)20/h1,4-5,7,10,19H,3H2,(H,24,25)(H,26,27)(H2,21,22,23)(H3,14,16,17,20). The lowest BCUT2D eigenvalue weighted by Crippen LogP contribution is -2.41. The van der Waals surface area contributed by atoms with Gasteiger partial charge in [0.2, 0.25) is 5.95 Å². The fraction of sp³-hybridized carbons (Fsp3) is 0.417. The van der Waals surface area contributed by atoms with E-state index >= 15 is 4.39 Å². The van der Waals surface area contributed by atoms with Crippen molar-refractivity contribution in [2.75, 3.05) is 12.3 Å². The minimum Gasteiger partial charge on any atom is -0.386 e. The molecule has 0 spiro atoms. The number of nitrogens with one attached hydrogen (secondary N) is 1. The highest BCUT2D eigenvalue weighted by Gasteiger charge is 2.57. The van der Waals surface area contributed by atoms with Crippen LogP contribution in [-0.4, -0.2) is 62.8 Å². The van der Waals surface area contributed by atoms with Crippen molar-refractivity contribution in [3.63, 3.8) is 0 Å². The number of halogens is 1. The van der Waals surface area contributed by atoms with Gasteiger partial charge in [-0.2, -0.15) is 13.6 Å². The summed E-state index contributed by atoms with van der Waals surface area (Å²) in [5, 5.41) is 10.3. The van der Waals surface area contributed by atoms with Gasteiger partial charge in [0.15, 0.2) is 17.4 Å². The van der Waals surface area contributed by atoms with Crippen molar-refractivity contribution < 1.29 is 60.6 Å². The number of alkyl halides is 1. The highest BCUT2D eigenvalue weighted by Crippen LogP contribution is 2.66. The molecule has 22 heteroatoms. The number of nitrogen functional groups attached to an aromatic ring is 1. The molecule has 6 atom stereocenters. The van der Waals surface area contributed by atoms with Crippen LogP contribution in [0.25, 0.3) is 11.2 Å². The SMILES string of the molecule is C#CC1C(n2cnc3c(=O)[nH]c(N)nc32)OC(F)(COP(=O)(O)OP(=O)(O)OP(=O)(O)O)C1O. The lowest BCUT2D eigenvalue weighted by Gasteiger charge is -2.24. The number of aromatic amines is 1. The number of aromatic nitrogens is 4. The average molecular weight is 549 g/mol. The van der Waals surface area contributed by atoms with Crippen LogP contribution in [0.15, 0.2) is 11.1 Å². The maximum absolute atomic E-state index is 15.4. The zero-order valence-electron chi connectivity index (χ0n) is 16.2. The van der Waals surface area contributed by atoms with Crippen LogP contribution >= 0.6 is 23.5 Å². The number of ether oxygens (including phenoxy) is 1. The number of rotatable bonds is 8. The third-order valence-corrected chi connectivity index (χ3v) is 7.95. The largest absolute Gasteiger partial charge is 0.490 e. The van der Waals surface area contributed by atoms with E-state index < -0.39 is 59.7 Å². The van der Waals surface area contributed by atoms with Crippen molar-refractivity contribution in [2.24, 2.45) is 5.92 Å². The topological polar surface area (TPSA) is 279 Å². The second kappa shape index (κ2) is 8.88. The van der Waals surface area contributed by atoms with Crippen LogP contribution in [0, 0.1) is 18.3 Å². The molecule has 2 aromatic rings. The molecule has 1 saturated heterocycles. The van der Waals surface area contributed by atoms with E-state index in [0.29, 0.717) is 0 Å². The molecule has 1 aliphatic rings. The van der Waals surface area contributed by atoms with Crippen LogP contribution in [0.4, 0.5) is 10.3 Å². The van der Waals surface area contributed by atoms with Gasteiger partial charge in [-0.15, -0.1) is 6.42 Å². The van der Waals surface area contributed by atoms with E-state index in [4.69, 9.17) is 31.6 Å². The fourth-order valence-electron chi connectivity index (χ4n) is 2.89. The molecule has 0 saturated carbocycles. The van der Waals surface area contributed by atoms with Crippen molar-refractivity contribution in [2.45, 2.75) is 18.2 Å². The Labute approximate surface area is 186 Å². The van der Waals surface area contributed by atoms with Crippen LogP contribution in [0.2, 0.25) is 0 Å². The summed E-state index contributed by atoms with van der Waals surface area (Å²) < 4.78 is 66.5. The molecule has 1 aliphatic heterocycles. The maximum Gasteiger partial charge on any atom is 0.490 e. The Kier molecular flexibility index (Phi) is 6.94. The second-order valence-electron chi connectivity index (χ2n) is 6.57. The van der Waals surface area contributed by atoms with E-state index in [1.165, 1.54) is 0 Å². The Bertz CT molecular complexity index is 1350. The van der Waals surface area contributed by atoms with E-state index in [1.54, 1.807) is 0 Å². The van der Waals surface area contributed by atoms with Crippen LogP contribution in [0.5, 0.6) is 0 Å². The summed E-state index contributed by atoms with van der Waals surface area (Å²) in [6.45, 7) is -1.64. The van der Waals surface area contributed by atoms with E-state index in [2.05, 4.69) is 28.1 Å². The predicted octanol–water partition coefficient (Wildman–Crippen LogP) is -1.15. The first kappa shape index (κ1) is 26.6. The first-order chi connectivity index (χ1) is 15.5. The van der Waals surface area contributed by atoms with Crippen molar-refractivity contribution in [1.29, 1.82) is 0 Å². The monoisotopic (exact) mass is 549 g/mol. The Morgan fingerprint density at radius 1 is 1.29 bits per heavy atom. The molecule has 3 heterocycles. The maximum atomic E-state index is 15.4. The number of fused-ring (bicyclic) bond motifs is 1. The summed E-state index contributed by atoms with van der Waals surface area (Å²) in [7, 11) is -17.3. The number of aliphatic hydroxyl groups excluding tert-OH is 1. The van der Waals surface area contributed by atoms with Crippen molar-refractivity contribution in [1.82, 2.24) is 19.5 Å². The number of imidazole rings is 1. The molecule has 3 rings (SSSR count). The molecule has 0 bridgehead atoms. The predicted molar refractivity (Wildman–Crippen MR) is 105 cm³/mol. The zero-order valence-corrected chi connectivity index (χ0v) is 18.9. The molecule has 1 fully saturated rings. The number of anilines is 1. The van der Waals surface area contributed by atoms with E-state index in [1.807, 2.05) is 5.92 Å². The van der Waals surface area contributed by atoms with Crippen LogP contribution < -0.4 is 11.3 Å². The highest BCUT2D eigenvalue weighted by atomic mass is 31.3. The van der Waals surface area contributed by atoms with Gasteiger partial charge in [-0.25, -0.2) is 23.1 Å². The molecule has 8 N–H and O–H groups in total. The minimum atomic E-state index is -5.87. The number of nitrogens with zero attached hydrogens (tertiary/aromatic N) is 3. The van der Waals surface area contributed by atoms with E-state index in [9.17, 15) is 28.5 Å². The quantitative estimate of drug-likeness (QED) is 0.151. The van der Waals surface area contributed by atoms with Crippen molar-refractivity contribution in [3.8, 4) is 12.3 Å². The lowest BCUT2D eigenvalue weighted by atomic mass is 9.99. The number of terminal acetylenes is 1. The third kappa shape index (κ3) is 5.61. The van der Waals surface area contributed by atoms with Crippen LogP contribution in [0.1, 0.15) is 6.23 Å². The van der Waals surface area contributed by atoms with Crippen molar-refractivity contribution in [3.05, 3.63) is 16.7 Å². The molecular weight excluding hydrogens is 534 g/mol. The smallest absolute Gasteiger partial charge is 0.386 e. The van der Waals surface area contributed by atoms with Gasteiger partial charge in [-0.05, 0) is 0 Å². The summed E-state index contributed by atoms with van der Waals surface area (Å²) in [6.07, 6.45) is 2.46. The van der Waals surface area contributed by atoms with Gasteiger partial charge in [0.25, 0.3) is 11.4 Å². The van der Waals surface area contributed by atoms with Gasteiger partial charge in [-0.1, -0.05) is 5.92 Å². The fourth-order valence-corrected chi connectivity index (χ4v) is 5.93. The minimum absolute atomic E-state index is 0.212. The molecule has 188 valence electrons. The molecule has 2 aromatic heterocycles. The molecule has 0 radical (unpaired) electrons. The van der Waals surface area contributed by atoms with Gasteiger partial charge < -0.3 is 35.2 Å². The van der Waals surface area contributed by atoms with E-state index in [-0.39, 0.29) is 17.1 Å². The van der Waals surface area contributed by atoms with Gasteiger partial charge >= 0.3 is 23.5 Å². The molecular formula is C12H15FN5O13P3. The van der Waals surface area contributed by atoms with Crippen LogP contribution in [-0.2, 0) is 31.6 Å². The Balaban J connectivity index is 1.84. The Morgan fingerprint density at radius 2 is 1.94 bits per heavy atom. The Hall–Kier alpha value is -2.03. The molecule has 6 unspecified atom stereocenters. The first-order valence-electron chi connectivity index (χ1n) is 8.48. The number of hydrogen-bond donors (Lipinski definition) is 7. The summed E-state index contributed by atoms with van der Waals surface area (Å²) >= 11 is 0. The highest BCUT2D eigenvalue weighted by molar-refractivity contribution is 7.66. The van der Waals surface area contributed by atoms with Gasteiger partial charge in [0.1, 0.15) is 12.7 Å². The van der Waals surface area contributed by atoms with Gasteiger partial charge in [0.05, 0.1) is 12.2 Å².